The molecule has 0 unspecified atom stereocenters. The van der Waals surface area contributed by atoms with Crippen LogP contribution in [-0.4, -0.2) is 44.9 Å². The molecule has 2 heterocycles. The van der Waals surface area contributed by atoms with Crippen molar-refractivity contribution in [2.45, 2.75) is 37.8 Å². The summed E-state index contributed by atoms with van der Waals surface area (Å²) in [6.45, 7) is 0. The number of aliphatic imine (C=N–C) groups is 2. The molecule has 1 aromatic heterocycles. The molecule has 2 aromatic rings. The third kappa shape index (κ3) is 2.63. The number of anilines is 1. The Hall–Kier alpha value is -3.17. The third-order valence-corrected chi connectivity index (χ3v) is 4.87. The summed E-state index contributed by atoms with van der Waals surface area (Å²) in [5.74, 6) is 1.22. The van der Waals surface area contributed by atoms with E-state index < -0.39 is 5.66 Å². The number of guanidine groups is 2. The monoisotopic (exact) mass is 355 g/mol. The maximum Gasteiger partial charge on any atom is 0.220 e. The van der Waals surface area contributed by atoms with Gasteiger partial charge in [-0.15, -0.1) is 5.10 Å². The number of ether oxygens (including phenoxy) is 1. The lowest BCUT2D eigenvalue weighted by Crippen LogP contribution is -2.58. The van der Waals surface area contributed by atoms with E-state index in [9.17, 15) is 0 Å². The molecule has 10 heteroatoms. The first-order valence-electron chi connectivity index (χ1n) is 8.54. The number of tetrazole rings is 1. The fraction of sp³-hybridized carbons (Fsp3) is 0.438. The Morgan fingerprint density at radius 3 is 2.62 bits per heavy atom. The fourth-order valence-electron chi connectivity index (χ4n) is 3.74. The summed E-state index contributed by atoms with van der Waals surface area (Å²) in [7, 11) is 1.62. The molecule has 2 aliphatic rings. The van der Waals surface area contributed by atoms with E-state index in [1.54, 1.807) is 11.8 Å². The molecule has 4 N–H and O–H groups in total. The highest BCUT2D eigenvalue weighted by atomic mass is 16.5. The molecule has 1 fully saturated rings. The molecule has 1 aliphatic heterocycles. The van der Waals surface area contributed by atoms with Gasteiger partial charge < -0.3 is 16.2 Å². The second-order valence-corrected chi connectivity index (χ2v) is 6.43. The van der Waals surface area contributed by atoms with Gasteiger partial charge in [0, 0.05) is 6.07 Å². The van der Waals surface area contributed by atoms with E-state index in [1.165, 1.54) is 12.7 Å². The number of hydrogen-bond acceptors (Lipinski definition) is 9. The zero-order valence-electron chi connectivity index (χ0n) is 14.5. The van der Waals surface area contributed by atoms with E-state index >= 15 is 0 Å². The van der Waals surface area contributed by atoms with Crippen molar-refractivity contribution >= 4 is 17.6 Å². The number of nitrogens with zero attached hydrogens (tertiary/aromatic N) is 7. The van der Waals surface area contributed by atoms with E-state index in [-0.39, 0.29) is 5.96 Å². The number of aromatic nitrogens is 4. The number of nitrogens with two attached hydrogens (primary N) is 2. The average Bonchev–Trinajstić information content (AvgIpc) is 3.16. The zero-order valence-corrected chi connectivity index (χ0v) is 14.5. The van der Waals surface area contributed by atoms with Gasteiger partial charge >= 0.3 is 0 Å². The van der Waals surface area contributed by atoms with E-state index in [0.717, 1.165) is 37.1 Å². The Kier molecular flexibility index (Phi) is 3.94. The van der Waals surface area contributed by atoms with Crippen LogP contribution >= 0.6 is 0 Å². The summed E-state index contributed by atoms with van der Waals surface area (Å²) < 4.78 is 7.00. The van der Waals surface area contributed by atoms with E-state index in [4.69, 9.17) is 21.2 Å². The van der Waals surface area contributed by atoms with Gasteiger partial charge in [0.05, 0.1) is 18.5 Å². The minimum atomic E-state index is -0.552. The van der Waals surface area contributed by atoms with Crippen molar-refractivity contribution in [1.29, 1.82) is 0 Å². The van der Waals surface area contributed by atoms with E-state index in [2.05, 4.69) is 20.5 Å². The van der Waals surface area contributed by atoms with Gasteiger partial charge in [-0.05, 0) is 48.2 Å². The van der Waals surface area contributed by atoms with Crippen LogP contribution in [0.5, 0.6) is 5.75 Å². The van der Waals surface area contributed by atoms with Gasteiger partial charge in [0.1, 0.15) is 17.7 Å². The lowest BCUT2D eigenvalue weighted by molar-refractivity contribution is 0.305. The van der Waals surface area contributed by atoms with Crippen molar-refractivity contribution < 1.29 is 4.74 Å². The van der Waals surface area contributed by atoms with Crippen molar-refractivity contribution in [1.82, 2.24) is 20.2 Å². The van der Waals surface area contributed by atoms with Crippen LogP contribution in [0.1, 0.15) is 32.1 Å². The van der Waals surface area contributed by atoms with Crippen LogP contribution in [0.4, 0.5) is 5.69 Å². The molecule has 1 aromatic carbocycles. The highest BCUT2D eigenvalue weighted by Gasteiger charge is 2.43. The van der Waals surface area contributed by atoms with Crippen LogP contribution in [0.25, 0.3) is 5.69 Å². The Labute approximate surface area is 150 Å². The van der Waals surface area contributed by atoms with Gasteiger partial charge in [-0.1, -0.05) is 6.42 Å². The molecule has 10 nitrogen and oxygen atoms in total. The normalized spacial score (nSPS) is 19.2. The highest BCUT2D eigenvalue weighted by molar-refractivity contribution is 6.06. The van der Waals surface area contributed by atoms with Crippen molar-refractivity contribution in [2.75, 3.05) is 12.0 Å². The average molecular weight is 355 g/mol. The Balaban J connectivity index is 1.90. The summed E-state index contributed by atoms with van der Waals surface area (Å²) in [6, 6.07) is 5.63. The summed E-state index contributed by atoms with van der Waals surface area (Å²) in [6.07, 6.45) is 6.48. The molecule has 0 radical (unpaired) electrons. The second kappa shape index (κ2) is 6.28. The Morgan fingerprint density at radius 1 is 1.12 bits per heavy atom. The maximum atomic E-state index is 6.33. The first kappa shape index (κ1) is 16.3. The first-order chi connectivity index (χ1) is 12.6. The summed E-state index contributed by atoms with van der Waals surface area (Å²) in [4.78, 5) is 10.9. The van der Waals surface area contributed by atoms with E-state index in [0.29, 0.717) is 11.7 Å². The molecule has 0 saturated heterocycles. The van der Waals surface area contributed by atoms with Crippen molar-refractivity contribution in [3.63, 3.8) is 0 Å². The molecular weight excluding hydrogens is 334 g/mol. The lowest BCUT2D eigenvalue weighted by Gasteiger charge is -2.46. The number of methoxy groups -OCH3 is 1. The molecule has 136 valence electrons. The summed E-state index contributed by atoms with van der Waals surface area (Å²) in [5.41, 5.74) is 13.3. The van der Waals surface area contributed by atoms with Crippen LogP contribution < -0.4 is 21.1 Å². The van der Waals surface area contributed by atoms with Crippen molar-refractivity contribution in [3.8, 4) is 11.4 Å². The molecule has 1 spiro atoms. The minimum Gasteiger partial charge on any atom is -0.497 e. The van der Waals surface area contributed by atoms with Gasteiger partial charge in [0.25, 0.3) is 0 Å². The predicted octanol–water partition coefficient (Wildman–Crippen LogP) is 0.781. The molecule has 26 heavy (non-hydrogen) atoms. The molecule has 1 saturated carbocycles. The molecular formula is C16H21N9O. The molecule has 0 bridgehead atoms. The van der Waals surface area contributed by atoms with Gasteiger partial charge in [-0.3, -0.25) is 4.90 Å². The Bertz CT molecular complexity index is 853. The smallest absolute Gasteiger partial charge is 0.220 e. The number of rotatable bonds is 3. The number of hydrogen-bond donors (Lipinski definition) is 2. The van der Waals surface area contributed by atoms with Crippen LogP contribution in [0.15, 0.2) is 34.5 Å². The third-order valence-electron chi connectivity index (χ3n) is 4.87. The van der Waals surface area contributed by atoms with Gasteiger partial charge in [-0.25, -0.2) is 4.99 Å². The van der Waals surface area contributed by atoms with Crippen LogP contribution in [0.2, 0.25) is 0 Å². The largest absolute Gasteiger partial charge is 0.497 e. The molecule has 0 amide bonds. The summed E-state index contributed by atoms with van der Waals surface area (Å²) in [5, 5.41) is 11.5. The fourth-order valence-corrected chi connectivity index (χ4v) is 3.74. The minimum absolute atomic E-state index is 0.215. The van der Waals surface area contributed by atoms with Crippen LogP contribution in [0, 0.1) is 0 Å². The molecule has 1 aliphatic carbocycles. The second-order valence-electron chi connectivity index (χ2n) is 6.43. The number of benzene rings is 1. The SMILES string of the molecule is COc1ccc(-n2cnnn2)c(N2C(N)=NC(N)=NC23CCCCC3)c1. The maximum absolute atomic E-state index is 6.33. The lowest BCUT2D eigenvalue weighted by atomic mass is 9.87. The predicted molar refractivity (Wildman–Crippen MR) is 97.2 cm³/mol. The Morgan fingerprint density at radius 2 is 1.92 bits per heavy atom. The molecule has 0 atom stereocenters. The van der Waals surface area contributed by atoms with Crippen molar-refractivity contribution in [2.24, 2.45) is 21.5 Å². The van der Waals surface area contributed by atoms with E-state index in [1.807, 2.05) is 23.1 Å². The van der Waals surface area contributed by atoms with Crippen LogP contribution in [0.3, 0.4) is 0 Å². The zero-order chi connectivity index (χ0) is 18.1. The topological polar surface area (TPSA) is 133 Å². The highest BCUT2D eigenvalue weighted by Crippen LogP contribution is 2.42. The summed E-state index contributed by atoms with van der Waals surface area (Å²) >= 11 is 0. The quantitative estimate of drug-likeness (QED) is 0.831. The van der Waals surface area contributed by atoms with Gasteiger partial charge in [-0.2, -0.15) is 9.67 Å². The first-order valence-corrected chi connectivity index (χ1v) is 8.54. The van der Waals surface area contributed by atoms with Gasteiger partial charge in [0.15, 0.2) is 0 Å². The molecule has 4 rings (SSSR count). The van der Waals surface area contributed by atoms with Gasteiger partial charge in [0.2, 0.25) is 11.9 Å². The standard InChI is InChI=1S/C16H21N9O/c1-26-11-5-6-12(24-10-19-22-23-24)13(9-11)25-15(18)20-14(17)21-16(25)7-3-2-4-8-16/h5-6,9-10H,2-4,7-8H2,1H3,(H4,17,18,20,21). The van der Waals surface area contributed by atoms with Crippen molar-refractivity contribution in [3.05, 3.63) is 24.5 Å². The van der Waals surface area contributed by atoms with Crippen LogP contribution in [-0.2, 0) is 0 Å².